The topological polar surface area (TPSA) is 35.2 Å². The van der Waals surface area contributed by atoms with Gasteiger partial charge in [-0.2, -0.15) is 0 Å². The fourth-order valence-corrected chi connectivity index (χ4v) is 2.03. The average Bonchev–Trinajstić information content (AvgIpc) is 2.29. The number of benzene rings is 1. The van der Waals surface area contributed by atoms with Crippen molar-refractivity contribution in [3.8, 4) is 5.75 Å². The number of methoxy groups -OCH3 is 1. The van der Waals surface area contributed by atoms with E-state index in [-0.39, 0.29) is 17.2 Å². The molecule has 1 aromatic rings. The lowest BCUT2D eigenvalue weighted by Gasteiger charge is -2.22. The lowest BCUT2D eigenvalue weighted by Crippen LogP contribution is -2.23. The molecule has 0 bridgehead atoms. The molecule has 0 saturated carbocycles. The average molecular weight is 243 g/mol. The van der Waals surface area contributed by atoms with Gasteiger partial charge in [0.25, 0.3) is 0 Å². The first-order valence-corrected chi connectivity index (χ1v) is 5.83. The highest BCUT2D eigenvalue weighted by atomic mass is 19.1. The molecule has 2 nitrogen and oxygen atoms in total. The molecule has 0 aliphatic carbocycles. The van der Waals surface area contributed by atoms with Crippen LogP contribution in [0.15, 0.2) is 12.1 Å². The van der Waals surface area contributed by atoms with Crippen LogP contribution in [0.2, 0.25) is 0 Å². The predicted molar refractivity (Wildman–Crippen MR) is 63.9 cm³/mol. The van der Waals surface area contributed by atoms with Crippen molar-refractivity contribution in [3.63, 3.8) is 0 Å². The van der Waals surface area contributed by atoms with Crippen LogP contribution in [-0.4, -0.2) is 7.11 Å². The van der Waals surface area contributed by atoms with Crippen molar-refractivity contribution < 1.29 is 13.5 Å². The van der Waals surface area contributed by atoms with Crippen molar-refractivity contribution in [2.45, 2.75) is 32.7 Å². The monoisotopic (exact) mass is 243 g/mol. The summed E-state index contributed by atoms with van der Waals surface area (Å²) in [5.74, 6) is -1.03. The van der Waals surface area contributed by atoms with E-state index in [4.69, 9.17) is 10.5 Å². The van der Waals surface area contributed by atoms with Crippen LogP contribution in [0.3, 0.4) is 0 Å². The molecule has 96 valence electrons. The summed E-state index contributed by atoms with van der Waals surface area (Å²) in [6.07, 6.45) is 1.59. The lowest BCUT2D eigenvalue weighted by molar-refractivity contribution is 0.372. The van der Waals surface area contributed by atoms with E-state index < -0.39 is 17.7 Å². The van der Waals surface area contributed by atoms with Crippen LogP contribution in [0.5, 0.6) is 5.75 Å². The van der Waals surface area contributed by atoms with Crippen LogP contribution < -0.4 is 10.5 Å². The van der Waals surface area contributed by atoms with Crippen LogP contribution in [0.25, 0.3) is 0 Å². The molecule has 1 unspecified atom stereocenters. The summed E-state index contributed by atoms with van der Waals surface area (Å²) in [5, 5.41) is 0. The van der Waals surface area contributed by atoms with Crippen LogP contribution in [0.1, 0.15) is 38.3 Å². The molecule has 0 spiro atoms. The minimum absolute atomic E-state index is 0.0421. The first-order valence-electron chi connectivity index (χ1n) is 5.83. The Kier molecular flexibility index (Phi) is 4.87. The van der Waals surface area contributed by atoms with Crippen molar-refractivity contribution in [3.05, 3.63) is 29.3 Å². The summed E-state index contributed by atoms with van der Waals surface area (Å²) in [5.41, 5.74) is 5.89. The third-order valence-electron chi connectivity index (χ3n) is 3.18. The molecule has 0 amide bonds. The van der Waals surface area contributed by atoms with Crippen molar-refractivity contribution in [1.29, 1.82) is 0 Å². The Morgan fingerprint density at radius 1 is 1.18 bits per heavy atom. The number of rotatable bonds is 5. The van der Waals surface area contributed by atoms with E-state index in [1.807, 2.05) is 13.8 Å². The largest absolute Gasteiger partial charge is 0.497 e. The van der Waals surface area contributed by atoms with Gasteiger partial charge in [0.1, 0.15) is 17.4 Å². The number of hydrogen-bond acceptors (Lipinski definition) is 2. The quantitative estimate of drug-likeness (QED) is 0.860. The van der Waals surface area contributed by atoms with E-state index >= 15 is 0 Å². The summed E-state index contributed by atoms with van der Waals surface area (Å²) < 4.78 is 32.4. The number of ether oxygens (including phenoxy) is 1. The molecule has 4 heteroatoms. The molecule has 0 aliphatic heterocycles. The molecular formula is C13H19F2NO. The van der Waals surface area contributed by atoms with E-state index in [1.165, 1.54) is 19.2 Å². The van der Waals surface area contributed by atoms with Gasteiger partial charge in [-0.25, -0.2) is 8.78 Å². The standard InChI is InChI=1S/C13H19F2NO/c1-4-8(5-2)13(16)12-10(14)6-9(17-3)7-11(12)15/h6-8,13H,4-5,16H2,1-3H3. The van der Waals surface area contributed by atoms with Crippen molar-refractivity contribution in [2.75, 3.05) is 7.11 Å². The molecule has 0 radical (unpaired) electrons. The van der Waals surface area contributed by atoms with E-state index in [0.717, 1.165) is 12.8 Å². The first kappa shape index (κ1) is 13.9. The van der Waals surface area contributed by atoms with Crippen LogP contribution in [0, 0.1) is 17.6 Å². The molecule has 0 heterocycles. The fraction of sp³-hybridized carbons (Fsp3) is 0.538. The zero-order valence-electron chi connectivity index (χ0n) is 10.5. The van der Waals surface area contributed by atoms with Gasteiger partial charge in [-0.05, 0) is 5.92 Å². The molecule has 0 aromatic heterocycles. The third kappa shape index (κ3) is 2.94. The smallest absolute Gasteiger partial charge is 0.134 e. The third-order valence-corrected chi connectivity index (χ3v) is 3.18. The van der Waals surface area contributed by atoms with Crippen molar-refractivity contribution in [2.24, 2.45) is 11.7 Å². The fourth-order valence-electron chi connectivity index (χ4n) is 2.03. The van der Waals surface area contributed by atoms with Crippen LogP contribution >= 0.6 is 0 Å². The molecule has 0 saturated heterocycles. The highest BCUT2D eigenvalue weighted by molar-refractivity contribution is 5.32. The summed E-state index contributed by atoms with van der Waals surface area (Å²) >= 11 is 0. The first-order chi connectivity index (χ1) is 8.04. The Balaban J connectivity index is 3.13. The Hall–Kier alpha value is -1.16. The van der Waals surface area contributed by atoms with Gasteiger partial charge < -0.3 is 10.5 Å². The van der Waals surface area contributed by atoms with Gasteiger partial charge in [0, 0.05) is 23.7 Å². The highest BCUT2D eigenvalue weighted by Gasteiger charge is 2.23. The zero-order chi connectivity index (χ0) is 13.0. The molecule has 17 heavy (non-hydrogen) atoms. The summed E-state index contributed by atoms with van der Waals surface area (Å²) in [6, 6.07) is 1.72. The van der Waals surface area contributed by atoms with Gasteiger partial charge in [0.15, 0.2) is 0 Å². The maximum Gasteiger partial charge on any atom is 0.134 e. The molecule has 2 N–H and O–H groups in total. The van der Waals surface area contributed by atoms with Crippen molar-refractivity contribution in [1.82, 2.24) is 0 Å². The summed E-state index contributed by atoms with van der Waals surface area (Å²) in [4.78, 5) is 0. The second-order valence-corrected chi connectivity index (χ2v) is 4.11. The predicted octanol–water partition coefficient (Wildman–Crippen LogP) is 3.41. The second kappa shape index (κ2) is 5.96. The normalized spacial score (nSPS) is 12.9. The molecule has 0 aliphatic rings. The molecule has 0 fully saturated rings. The van der Waals surface area contributed by atoms with Gasteiger partial charge in [-0.3, -0.25) is 0 Å². The van der Waals surface area contributed by atoms with E-state index in [2.05, 4.69) is 0 Å². The zero-order valence-corrected chi connectivity index (χ0v) is 10.5. The number of nitrogens with two attached hydrogens (primary N) is 1. The molecule has 1 rings (SSSR count). The van der Waals surface area contributed by atoms with Gasteiger partial charge in [-0.15, -0.1) is 0 Å². The van der Waals surface area contributed by atoms with Crippen LogP contribution in [0.4, 0.5) is 8.78 Å². The Morgan fingerprint density at radius 2 is 1.65 bits per heavy atom. The molecule has 1 aromatic carbocycles. The summed E-state index contributed by atoms with van der Waals surface area (Å²) in [7, 11) is 1.37. The van der Waals surface area contributed by atoms with E-state index in [0.29, 0.717) is 0 Å². The minimum atomic E-state index is -0.638. The van der Waals surface area contributed by atoms with E-state index in [9.17, 15) is 8.78 Å². The van der Waals surface area contributed by atoms with Gasteiger partial charge in [0.05, 0.1) is 7.11 Å². The van der Waals surface area contributed by atoms with Crippen molar-refractivity contribution >= 4 is 0 Å². The minimum Gasteiger partial charge on any atom is -0.497 e. The maximum absolute atomic E-state index is 13.8. The van der Waals surface area contributed by atoms with Gasteiger partial charge in [0.2, 0.25) is 0 Å². The Labute approximate surface area is 101 Å². The second-order valence-electron chi connectivity index (χ2n) is 4.11. The highest BCUT2D eigenvalue weighted by Crippen LogP contribution is 2.31. The number of hydrogen-bond donors (Lipinski definition) is 1. The van der Waals surface area contributed by atoms with Gasteiger partial charge in [-0.1, -0.05) is 26.7 Å². The lowest BCUT2D eigenvalue weighted by atomic mass is 9.89. The molecular weight excluding hydrogens is 224 g/mol. The number of halogens is 2. The van der Waals surface area contributed by atoms with E-state index in [1.54, 1.807) is 0 Å². The Morgan fingerprint density at radius 3 is 2.00 bits per heavy atom. The summed E-state index contributed by atoms with van der Waals surface area (Å²) in [6.45, 7) is 3.93. The van der Waals surface area contributed by atoms with Crippen LogP contribution in [-0.2, 0) is 0 Å². The SMILES string of the molecule is CCC(CC)C(N)c1c(F)cc(OC)cc1F. The van der Waals surface area contributed by atoms with Gasteiger partial charge >= 0.3 is 0 Å². The maximum atomic E-state index is 13.8. The Bertz CT molecular complexity index is 355. The molecule has 1 atom stereocenters.